The van der Waals surface area contributed by atoms with Gasteiger partial charge in [0.2, 0.25) is 0 Å². The van der Waals surface area contributed by atoms with Gasteiger partial charge in [-0.1, -0.05) is 0 Å². The highest BCUT2D eigenvalue weighted by atomic mass is 19.1. The average Bonchev–Trinajstić information content (AvgIpc) is 2.84. The zero-order valence-corrected chi connectivity index (χ0v) is 10.4. The maximum atomic E-state index is 12.8. The Labute approximate surface area is 113 Å². The van der Waals surface area contributed by atoms with Crippen LogP contribution in [0, 0.1) is 5.82 Å². The van der Waals surface area contributed by atoms with Crippen LogP contribution in [-0.4, -0.2) is 15.9 Å². The summed E-state index contributed by atoms with van der Waals surface area (Å²) in [5.74, 6) is -0.501. The first-order valence-corrected chi connectivity index (χ1v) is 5.93. The molecule has 0 aliphatic carbocycles. The number of hydrogen-bond donors (Lipinski definition) is 3. The molecule has 20 heavy (non-hydrogen) atoms. The van der Waals surface area contributed by atoms with Crippen LogP contribution in [0.5, 0.6) is 0 Å². The zero-order chi connectivity index (χ0) is 14.1. The molecule has 0 radical (unpaired) electrons. The summed E-state index contributed by atoms with van der Waals surface area (Å²) in [6.07, 6.45) is 2.64. The highest BCUT2D eigenvalue weighted by molar-refractivity contribution is 6.12. The van der Waals surface area contributed by atoms with Gasteiger partial charge < -0.3 is 16.0 Å². The summed E-state index contributed by atoms with van der Waals surface area (Å²) in [6.45, 7) is 0. The van der Waals surface area contributed by atoms with E-state index in [-0.39, 0.29) is 11.7 Å². The van der Waals surface area contributed by atoms with Crippen LogP contribution < -0.4 is 11.1 Å². The quantitative estimate of drug-likeness (QED) is 0.626. The minimum absolute atomic E-state index is 0.287. The van der Waals surface area contributed by atoms with Crippen LogP contribution in [0.2, 0.25) is 0 Å². The number of nitrogens with one attached hydrogen (secondary N) is 2. The fraction of sp³-hybridized carbons (Fsp3) is 0. The third kappa shape index (κ3) is 2.18. The second-order valence-electron chi connectivity index (χ2n) is 4.32. The van der Waals surface area contributed by atoms with Gasteiger partial charge in [-0.05, 0) is 30.3 Å². The molecular weight excluding hydrogens is 259 g/mol. The summed E-state index contributed by atoms with van der Waals surface area (Å²) in [4.78, 5) is 19.0. The van der Waals surface area contributed by atoms with Crippen LogP contribution in [0.15, 0.2) is 42.7 Å². The van der Waals surface area contributed by atoms with Gasteiger partial charge in [-0.15, -0.1) is 0 Å². The van der Waals surface area contributed by atoms with E-state index in [4.69, 9.17) is 5.73 Å². The van der Waals surface area contributed by atoms with E-state index in [1.807, 2.05) is 0 Å². The number of rotatable bonds is 2. The predicted molar refractivity (Wildman–Crippen MR) is 74.9 cm³/mol. The molecule has 1 amide bonds. The smallest absolute Gasteiger partial charge is 0.258 e. The van der Waals surface area contributed by atoms with Crippen molar-refractivity contribution < 1.29 is 9.18 Å². The number of pyridine rings is 1. The third-order valence-corrected chi connectivity index (χ3v) is 2.92. The minimum Gasteiger partial charge on any atom is -0.399 e. The molecule has 2 heterocycles. The molecular formula is C14H11FN4O. The number of nitrogens with zero attached hydrogens (tertiary/aromatic N) is 1. The van der Waals surface area contributed by atoms with E-state index < -0.39 is 5.82 Å². The summed E-state index contributed by atoms with van der Waals surface area (Å²) in [7, 11) is 0. The number of amides is 1. The summed E-state index contributed by atoms with van der Waals surface area (Å²) >= 11 is 0. The Bertz CT molecular complexity index is 779. The fourth-order valence-corrected chi connectivity index (χ4v) is 1.96. The second kappa shape index (κ2) is 4.65. The molecule has 1 aromatic carbocycles. The van der Waals surface area contributed by atoms with Crippen molar-refractivity contribution in [2.45, 2.75) is 0 Å². The molecule has 2 aromatic heterocycles. The standard InChI is InChI=1S/C14H11FN4O/c15-8-1-4-13(18-6-8)19-14(20)11-7-17-12-3-2-9(16)5-10(11)12/h1-7,17H,16H2,(H,18,19,20). The minimum atomic E-state index is -0.456. The van der Waals surface area contributed by atoms with Crippen molar-refractivity contribution in [3.8, 4) is 0 Å². The number of anilines is 2. The van der Waals surface area contributed by atoms with E-state index in [0.717, 1.165) is 17.1 Å². The lowest BCUT2D eigenvalue weighted by molar-refractivity contribution is 0.102. The Morgan fingerprint density at radius 2 is 2.15 bits per heavy atom. The second-order valence-corrected chi connectivity index (χ2v) is 4.32. The molecule has 0 aliphatic rings. The Balaban J connectivity index is 1.92. The molecule has 0 saturated carbocycles. The first-order chi connectivity index (χ1) is 9.63. The SMILES string of the molecule is Nc1ccc2[nH]cc(C(=O)Nc3ccc(F)cn3)c2c1. The number of benzene rings is 1. The first-order valence-electron chi connectivity index (χ1n) is 5.93. The van der Waals surface area contributed by atoms with Crippen molar-refractivity contribution in [2.24, 2.45) is 0 Å². The number of aromatic nitrogens is 2. The molecule has 0 saturated heterocycles. The molecule has 0 spiro atoms. The maximum Gasteiger partial charge on any atom is 0.258 e. The number of halogens is 1. The van der Waals surface area contributed by atoms with Crippen LogP contribution in [0.4, 0.5) is 15.9 Å². The molecule has 3 aromatic rings. The molecule has 3 rings (SSSR count). The largest absolute Gasteiger partial charge is 0.399 e. The molecule has 6 heteroatoms. The number of carbonyl (C=O) groups is 1. The van der Waals surface area contributed by atoms with Gasteiger partial charge >= 0.3 is 0 Å². The van der Waals surface area contributed by atoms with Gasteiger partial charge in [0.1, 0.15) is 11.6 Å². The van der Waals surface area contributed by atoms with Gasteiger partial charge in [-0.25, -0.2) is 9.37 Å². The molecule has 0 fully saturated rings. The van der Waals surface area contributed by atoms with Crippen molar-refractivity contribution in [3.63, 3.8) is 0 Å². The van der Waals surface area contributed by atoms with E-state index in [9.17, 15) is 9.18 Å². The van der Waals surface area contributed by atoms with Crippen molar-refractivity contribution in [1.29, 1.82) is 0 Å². The number of fused-ring (bicyclic) bond motifs is 1. The number of nitrogens with two attached hydrogens (primary N) is 1. The first kappa shape index (κ1) is 12.2. The van der Waals surface area contributed by atoms with Crippen molar-refractivity contribution >= 4 is 28.3 Å². The van der Waals surface area contributed by atoms with E-state index in [1.54, 1.807) is 24.4 Å². The Kier molecular flexibility index (Phi) is 2.83. The van der Waals surface area contributed by atoms with E-state index in [2.05, 4.69) is 15.3 Å². The van der Waals surface area contributed by atoms with Gasteiger partial charge in [0.25, 0.3) is 5.91 Å². The summed E-state index contributed by atoms with van der Waals surface area (Å²) in [5, 5.41) is 3.33. The molecule has 5 nitrogen and oxygen atoms in total. The van der Waals surface area contributed by atoms with Gasteiger partial charge in [0.05, 0.1) is 11.8 Å². The highest BCUT2D eigenvalue weighted by Gasteiger charge is 2.12. The van der Waals surface area contributed by atoms with E-state index >= 15 is 0 Å². The number of nitrogen functional groups attached to an aromatic ring is 1. The molecule has 0 unspecified atom stereocenters. The maximum absolute atomic E-state index is 12.8. The fourth-order valence-electron chi connectivity index (χ4n) is 1.96. The summed E-state index contributed by atoms with van der Waals surface area (Å²) in [6, 6.07) is 7.91. The van der Waals surface area contributed by atoms with Crippen LogP contribution >= 0.6 is 0 Å². The van der Waals surface area contributed by atoms with Gasteiger partial charge in [-0.3, -0.25) is 4.79 Å². The Morgan fingerprint density at radius 1 is 1.30 bits per heavy atom. The number of H-pyrrole nitrogens is 1. The Morgan fingerprint density at radius 3 is 2.90 bits per heavy atom. The monoisotopic (exact) mass is 270 g/mol. The van der Waals surface area contributed by atoms with Crippen LogP contribution in [0.25, 0.3) is 10.9 Å². The topological polar surface area (TPSA) is 83.8 Å². The van der Waals surface area contributed by atoms with Gasteiger partial charge in [0, 0.05) is 22.8 Å². The predicted octanol–water partition coefficient (Wildman–Crippen LogP) is 2.54. The molecule has 0 aliphatic heterocycles. The van der Waals surface area contributed by atoms with Crippen molar-refractivity contribution in [3.05, 3.63) is 54.1 Å². The number of carbonyl (C=O) groups excluding carboxylic acids is 1. The van der Waals surface area contributed by atoms with Gasteiger partial charge in [0.15, 0.2) is 0 Å². The summed E-state index contributed by atoms with van der Waals surface area (Å²) < 4.78 is 12.8. The lowest BCUT2D eigenvalue weighted by atomic mass is 10.1. The Hall–Kier alpha value is -2.89. The van der Waals surface area contributed by atoms with E-state index in [1.165, 1.54) is 12.1 Å². The molecule has 100 valence electrons. The van der Waals surface area contributed by atoms with Crippen LogP contribution in [0.3, 0.4) is 0 Å². The average molecular weight is 270 g/mol. The molecule has 0 bridgehead atoms. The molecule has 4 N–H and O–H groups in total. The van der Waals surface area contributed by atoms with Crippen molar-refractivity contribution in [1.82, 2.24) is 9.97 Å². The lowest BCUT2D eigenvalue weighted by Gasteiger charge is -2.03. The van der Waals surface area contributed by atoms with Gasteiger partial charge in [-0.2, -0.15) is 0 Å². The van der Waals surface area contributed by atoms with Crippen molar-refractivity contribution in [2.75, 3.05) is 11.1 Å². The number of aromatic amines is 1. The number of hydrogen-bond acceptors (Lipinski definition) is 3. The van der Waals surface area contributed by atoms with Crippen LogP contribution in [0.1, 0.15) is 10.4 Å². The summed E-state index contributed by atoms with van der Waals surface area (Å²) in [5.41, 5.74) is 7.57. The highest BCUT2D eigenvalue weighted by Crippen LogP contribution is 2.21. The van der Waals surface area contributed by atoms with Crippen LogP contribution in [-0.2, 0) is 0 Å². The normalized spacial score (nSPS) is 10.7. The molecule has 0 atom stereocenters. The zero-order valence-electron chi connectivity index (χ0n) is 10.4. The lowest BCUT2D eigenvalue weighted by Crippen LogP contribution is -2.12. The third-order valence-electron chi connectivity index (χ3n) is 2.92. The van der Waals surface area contributed by atoms with E-state index in [0.29, 0.717) is 11.3 Å².